The molecule has 1 saturated heterocycles. The maximum Gasteiger partial charge on any atom is 0.482 e. The van der Waals surface area contributed by atoms with E-state index in [0.717, 1.165) is 12.8 Å². The molecule has 0 aromatic heterocycles. The van der Waals surface area contributed by atoms with Gasteiger partial charge in [0.15, 0.2) is 0 Å². The van der Waals surface area contributed by atoms with Crippen molar-refractivity contribution in [2.24, 2.45) is 0 Å². The molecule has 0 aromatic carbocycles. The van der Waals surface area contributed by atoms with Crippen LogP contribution >= 0.6 is 0 Å². The maximum absolute atomic E-state index is 10.5. The summed E-state index contributed by atoms with van der Waals surface area (Å²) in [6, 6.07) is 0. The van der Waals surface area contributed by atoms with Crippen LogP contribution in [0.2, 0.25) is 0 Å². The summed E-state index contributed by atoms with van der Waals surface area (Å²) in [5, 5.41) is 21.0. The Balaban J connectivity index is 2.48. The monoisotopic (exact) mass is 203 g/mol. The lowest BCUT2D eigenvalue weighted by molar-refractivity contribution is -0.810. The van der Waals surface area contributed by atoms with E-state index >= 15 is 0 Å². The molecule has 0 spiro atoms. The van der Waals surface area contributed by atoms with E-state index in [0.29, 0.717) is 6.54 Å². The van der Waals surface area contributed by atoms with E-state index in [-0.39, 0.29) is 13.1 Å². The van der Waals surface area contributed by atoms with Crippen molar-refractivity contribution in [3.05, 3.63) is 20.2 Å². The van der Waals surface area contributed by atoms with Gasteiger partial charge in [-0.2, -0.15) is 0 Å². The van der Waals surface area contributed by atoms with Crippen molar-refractivity contribution < 1.29 is 9.85 Å². The molecule has 0 bridgehead atoms. The Hall–Kier alpha value is -1.24. The smallest absolute Gasteiger partial charge is 0.277 e. The fraction of sp³-hybridized carbons (Fsp3) is 1.00. The molecule has 0 N–H and O–H groups in total. The topological polar surface area (TPSA) is 89.5 Å². The van der Waals surface area contributed by atoms with Gasteiger partial charge in [-0.1, -0.05) is 13.3 Å². The third-order valence-electron chi connectivity index (χ3n) is 2.46. The predicted molar refractivity (Wildman–Crippen MR) is 48.1 cm³/mol. The second-order valence-electron chi connectivity index (χ2n) is 3.56. The SMILES string of the molecule is CCCCN1CC([N+](=O)[O-])([N+](=O)[O-])C1. The lowest BCUT2D eigenvalue weighted by atomic mass is 10.0. The van der Waals surface area contributed by atoms with Crippen molar-refractivity contribution in [3.8, 4) is 0 Å². The quantitative estimate of drug-likeness (QED) is 0.365. The van der Waals surface area contributed by atoms with Crippen molar-refractivity contribution in [1.82, 2.24) is 4.90 Å². The van der Waals surface area contributed by atoms with Gasteiger partial charge in [0.2, 0.25) is 0 Å². The average Bonchev–Trinajstić information content (AvgIpc) is 2.00. The highest BCUT2D eigenvalue weighted by molar-refractivity contribution is 4.87. The van der Waals surface area contributed by atoms with Crippen LogP contribution in [-0.4, -0.2) is 40.0 Å². The van der Waals surface area contributed by atoms with E-state index < -0.39 is 15.5 Å². The third-order valence-corrected chi connectivity index (χ3v) is 2.46. The second kappa shape index (κ2) is 3.87. The summed E-state index contributed by atoms with van der Waals surface area (Å²) in [4.78, 5) is 21.2. The zero-order valence-electron chi connectivity index (χ0n) is 8.01. The van der Waals surface area contributed by atoms with Gasteiger partial charge in [-0.3, -0.25) is 25.1 Å². The molecule has 7 heteroatoms. The molecular weight excluding hydrogens is 190 g/mol. The van der Waals surface area contributed by atoms with Crippen LogP contribution in [0.4, 0.5) is 0 Å². The first kappa shape index (κ1) is 10.8. The molecule has 1 heterocycles. The Morgan fingerprint density at radius 3 is 2.14 bits per heavy atom. The van der Waals surface area contributed by atoms with E-state index in [1.165, 1.54) is 0 Å². The predicted octanol–water partition coefficient (Wildman–Crippen LogP) is 0.352. The minimum Gasteiger partial charge on any atom is -0.277 e. The lowest BCUT2D eigenvalue weighted by Gasteiger charge is -2.35. The molecule has 0 unspecified atom stereocenters. The fourth-order valence-electron chi connectivity index (χ4n) is 1.51. The van der Waals surface area contributed by atoms with Crippen molar-refractivity contribution in [2.45, 2.75) is 25.4 Å². The molecule has 1 rings (SSSR count). The second-order valence-corrected chi connectivity index (χ2v) is 3.56. The zero-order valence-corrected chi connectivity index (χ0v) is 8.01. The van der Waals surface area contributed by atoms with E-state index in [1.54, 1.807) is 4.90 Å². The lowest BCUT2D eigenvalue weighted by Crippen LogP contribution is -2.70. The number of nitro groups is 2. The first-order chi connectivity index (χ1) is 6.53. The number of rotatable bonds is 5. The first-order valence-corrected chi connectivity index (χ1v) is 4.54. The van der Waals surface area contributed by atoms with Gasteiger partial charge in [0.05, 0.1) is 0 Å². The first-order valence-electron chi connectivity index (χ1n) is 4.54. The molecular formula is C7H13N3O4. The average molecular weight is 203 g/mol. The maximum atomic E-state index is 10.5. The minimum absolute atomic E-state index is 0.0625. The summed E-state index contributed by atoms with van der Waals surface area (Å²) < 4.78 is 0. The van der Waals surface area contributed by atoms with Crippen LogP contribution in [-0.2, 0) is 0 Å². The van der Waals surface area contributed by atoms with Crippen LogP contribution in [0.5, 0.6) is 0 Å². The van der Waals surface area contributed by atoms with Gasteiger partial charge in [0, 0.05) is 0 Å². The van der Waals surface area contributed by atoms with Crippen LogP contribution in [0.15, 0.2) is 0 Å². The molecule has 1 aliphatic rings. The Kier molecular flexibility index (Phi) is 3.00. The minimum atomic E-state index is -1.94. The van der Waals surface area contributed by atoms with Gasteiger partial charge >= 0.3 is 5.66 Å². The molecule has 0 saturated carbocycles. The number of hydrogen-bond acceptors (Lipinski definition) is 5. The van der Waals surface area contributed by atoms with Crippen LogP contribution in [0.1, 0.15) is 19.8 Å². The molecule has 1 aliphatic heterocycles. The van der Waals surface area contributed by atoms with E-state index in [2.05, 4.69) is 0 Å². The normalized spacial score (nSPS) is 20.1. The number of likely N-dealkylation sites (tertiary alicyclic amines) is 1. The van der Waals surface area contributed by atoms with Crippen molar-refractivity contribution in [3.63, 3.8) is 0 Å². The Morgan fingerprint density at radius 1 is 1.29 bits per heavy atom. The Labute approximate surface area is 81.0 Å². The van der Waals surface area contributed by atoms with Gasteiger partial charge < -0.3 is 0 Å². The molecule has 80 valence electrons. The molecule has 7 nitrogen and oxygen atoms in total. The van der Waals surface area contributed by atoms with Gasteiger partial charge in [0.1, 0.15) is 22.9 Å². The standard InChI is InChI=1S/C7H13N3O4/c1-2-3-4-8-5-7(6-8,9(11)12)10(13)14/h2-6H2,1H3. The molecule has 0 amide bonds. The summed E-state index contributed by atoms with van der Waals surface area (Å²) in [7, 11) is 0. The van der Waals surface area contributed by atoms with E-state index in [4.69, 9.17) is 0 Å². The number of unbranched alkanes of at least 4 members (excludes halogenated alkanes) is 1. The van der Waals surface area contributed by atoms with E-state index in [1.807, 2.05) is 6.92 Å². The van der Waals surface area contributed by atoms with Gasteiger partial charge in [-0.05, 0) is 13.0 Å². The van der Waals surface area contributed by atoms with Crippen molar-refractivity contribution in [2.75, 3.05) is 19.6 Å². The summed E-state index contributed by atoms with van der Waals surface area (Å²) in [6.45, 7) is 2.59. The summed E-state index contributed by atoms with van der Waals surface area (Å²) in [5.41, 5.74) is -1.94. The fourth-order valence-corrected chi connectivity index (χ4v) is 1.51. The van der Waals surface area contributed by atoms with E-state index in [9.17, 15) is 20.2 Å². The summed E-state index contributed by atoms with van der Waals surface area (Å²) in [5.74, 6) is 0. The highest BCUT2D eigenvalue weighted by atomic mass is 16.7. The summed E-state index contributed by atoms with van der Waals surface area (Å²) >= 11 is 0. The molecule has 0 atom stereocenters. The zero-order chi connectivity index (χ0) is 10.8. The molecule has 0 aromatic rings. The third kappa shape index (κ3) is 1.67. The van der Waals surface area contributed by atoms with Crippen molar-refractivity contribution in [1.29, 1.82) is 0 Å². The van der Waals surface area contributed by atoms with Crippen LogP contribution < -0.4 is 0 Å². The molecule has 0 radical (unpaired) electrons. The largest absolute Gasteiger partial charge is 0.482 e. The highest BCUT2D eigenvalue weighted by Gasteiger charge is 2.65. The number of hydrogen-bond donors (Lipinski definition) is 0. The number of nitrogens with zero attached hydrogens (tertiary/aromatic N) is 3. The Bertz CT molecular complexity index is 233. The highest BCUT2D eigenvalue weighted by Crippen LogP contribution is 2.25. The van der Waals surface area contributed by atoms with Crippen molar-refractivity contribution >= 4 is 0 Å². The molecule has 14 heavy (non-hydrogen) atoms. The van der Waals surface area contributed by atoms with Crippen LogP contribution in [0.3, 0.4) is 0 Å². The Morgan fingerprint density at radius 2 is 1.79 bits per heavy atom. The van der Waals surface area contributed by atoms with Gasteiger partial charge in [-0.15, -0.1) is 0 Å². The van der Waals surface area contributed by atoms with Gasteiger partial charge in [-0.25, -0.2) is 0 Å². The van der Waals surface area contributed by atoms with Crippen LogP contribution in [0, 0.1) is 20.2 Å². The van der Waals surface area contributed by atoms with Gasteiger partial charge in [0.25, 0.3) is 0 Å². The molecule has 1 fully saturated rings. The molecule has 0 aliphatic carbocycles. The van der Waals surface area contributed by atoms with Crippen LogP contribution in [0.25, 0.3) is 0 Å². The summed E-state index contributed by atoms with van der Waals surface area (Å²) in [6.07, 6.45) is 1.91.